The van der Waals surface area contributed by atoms with E-state index in [0.29, 0.717) is 6.07 Å². The van der Waals surface area contributed by atoms with Gasteiger partial charge in [0.1, 0.15) is 11.4 Å². The highest BCUT2D eigenvalue weighted by molar-refractivity contribution is 14.1. The zero-order valence-corrected chi connectivity index (χ0v) is 9.51. The molecule has 0 spiro atoms. The van der Waals surface area contributed by atoms with Crippen molar-refractivity contribution in [3.05, 3.63) is 26.6 Å². The molecule has 0 aliphatic rings. The number of alkyl halides is 5. The SMILES string of the molecule is O=Cc1nc(C(F)F)c(C(F)(F)F)cc1I. The molecule has 1 aromatic rings. The molecule has 0 aromatic carbocycles. The van der Waals surface area contributed by atoms with Gasteiger partial charge in [0.15, 0.2) is 6.29 Å². The molecule has 1 rings (SSSR count). The molecule has 0 radical (unpaired) electrons. The van der Waals surface area contributed by atoms with Gasteiger partial charge in [-0.05, 0) is 28.7 Å². The van der Waals surface area contributed by atoms with Gasteiger partial charge in [0.25, 0.3) is 6.43 Å². The molecule has 16 heavy (non-hydrogen) atoms. The van der Waals surface area contributed by atoms with E-state index in [1.54, 1.807) is 0 Å². The maximum atomic E-state index is 12.4. The van der Waals surface area contributed by atoms with Crippen LogP contribution < -0.4 is 0 Å². The van der Waals surface area contributed by atoms with Crippen LogP contribution in [-0.2, 0) is 6.18 Å². The summed E-state index contributed by atoms with van der Waals surface area (Å²) in [4.78, 5) is 13.4. The maximum Gasteiger partial charge on any atom is 0.418 e. The Morgan fingerprint density at radius 1 is 1.38 bits per heavy atom. The van der Waals surface area contributed by atoms with E-state index >= 15 is 0 Å². The Kier molecular flexibility index (Phi) is 3.81. The van der Waals surface area contributed by atoms with Crippen molar-refractivity contribution < 1.29 is 26.7 Å². The molecular formula is C8H3F5INO. The average Bonchev–Trinajstić information content (AvgIpc) is 2.15. The molecule has 1 heterocycles. The summed E-state index contributed by atoms with van der Waals surface area (Å²) in [5, 5.41) is 0. The lowest BCUT2D eigenvalue weighted by Gasteiger charge is -2.12. The second-order valence-electron chi connectivity index (χ2n) is 2.70. The van der Waals surface area contributed by atoms with Crippen LogP contribution in [0.25, 0.3) is 0 Å². The third-order valence-electron chi connectivity index (χ3n) is 1.66. The summed E-state index contributed by atoms with van der Waals surface area (Å²) in [7, 11) is 0. The quantitative estimate of drug-likeness (QED) is 0.464. The Labute approximate surface area is 100.0 Å². The van der Waals surface area contributed by atoms with Crippen molar-refractivity contribution in [3.63, 3.8) is 0 Å². The molecule has 0 aliphatic heterocycles. The number of hydrogen-bond acceptors (Lipinski definition) is 2. The first-order valence-corrected chi connectivity index (χ1v) is 4.86. The smallest absolute Gasteiger partial charge is 0.296 e. The van der Waals surface area contributed by atoms with Crippen molar-refractivity contribution in [2.24, 2.45) is 0 Å². The van der Waals surface area contributed by atoms with E-state index in [1.165, 1.54) is 22.6 Å². The molecule has 0 saturated heterocycles. The molecule has 0 bridgehead atoms. The number of carbonyl (C=O) groups is 1. The first kappa shape index (κ1) is 13.3. The Hall–Kier alpha value is -0.800. The fourth-order valence-corrected chi connectivity index (χ4v) is 1.55. The van der Waals surface area contributed by atoms with E-state index in [9.17, 15) is 26.7 Å². The molecule has 0 unspecified atom stereocenters. The Balaban J connectivity index is 3.48. The minimum absolute atomic E-state index is 0.121. The van der Waals surface area contributed by atoms with Gasteiger partial charge >= 0.3 is 6.18 Å². The number of halogens is 6. The summed E-state index contributed by atoms with van der Waals surface area (Å²) >= 11 is 1.43. The summed E-state index contributed by atoms with van der Waals surface area (Å²) < 4.78 is 61.6. The van der Waals surface area contributed by atoms with Crippen LogP contribution in [0.4, 0.5) is 22.0 Å². The fourth-order valence-electron chi connectivity index (χ4n) is 0.994. The van der Waals surface area contributed by atoms with Gasteiger partial charge in [-0.25, -0.2) is 13.8 Å². The number of pyridine rings is 1. The monoisotopic (exact) mass is 351 g/mol. The highest BCUT2D eigenvalue weighted by Gasteiger charge is 2.37. The fraction of sp³-hybridized carbons (Fsp3) is 0.250. The molecule has 2 nitrogen and oxygen atoms in total. The summed E-state index contributed by atoms with van der Waals surface area (Å²) in [6, 6.07) is 0.485. The van der Waals surface area contributed by atoms with Crippen LogP contribution in [0, 0.1) is 3.57 Å². The minimum atomic E-state index is -4.92. The second-order valence-corrected chi connectivity index (χ2v) is 3.87. The Bertz CT molecular complexity index is 418. The van der Waals surface area contributed by atoms with Crippen LogP contribution in [0.1, 0.15) is 28.2 Å². The van der Waals surface area contributed by atoms with Gasteiger partial charge in [-0.3, -0.25) is 4.79 Å². The van der Waals surface area contributed by atoms with Crippen LogP contribution in [0.2, 0.25) is 0 Å². The Morgan fingerprint density at radius 2 is 1.94 bits per heavy atom. The molecule has 8 heteroatoms. The van der Waals surface area contributed by atoms with Gasteiger partial charge in [0, 0.05) is 3.57 Å². The highest BCUT2D eigenvalue weighted by Crippen LogP contribution is 2.36. The molecule has 0 amide bonds. The van der Waals surface area contributed by atoms with E-state index < -0.39 is 29.6 Å². The van der Waals surface area contributed by atoms with Crippen molar-refractivity contribution in [3.8, 4) is 0 Å². The van der Waals surface area contributed by atoms with E-state index in [-0.39, 0.29) is 9.86 Å². The summed E-state index contributed by atoms with van der Waals surface area (Å²) in [5.41, 5.74) is -3.36. The normalized spacial score (nSPS) is 11.9. The zero-order valence-electron chi connectivity index (χ0n) is 7.36. The maximum absolute atomic E-state index is 12.4. The lowest BCUT2D eigenvalue weighted by Crippen LogP contribution is -2.13. The minimum Gasteiger partial charge on any atom is -0.296 e. The number of aromatic nitrogens is 1. The molecule has 0 fully saturated rings. The summed E-state index contributed by atoms with van der Waals surface area (Å²) in [5.74, 6) is 0. The molecule has 1 aromatic heterocycles. The summed E-state index contributed by atoms with van der Waals surface area (Å²) in [6.07, 6.45) is -8.17. The van der Waals surface area contributed by atoms with Crippen LogP contribution in [0.15, 0.2) is 6.07 Å². The number of carbonyl (C=O) groups excluding carboxylic acids is 1. The van der Waals surface area contributed by atoms with Gasteiger partial charge in [-0.1, -0.05) is 0 Å². The number of aldehydes is 1. The molecule has 0 N–H and O–H groups in total. The topological polar surface area (TPSA) is 30.0 Å². The molecular weight excluding hydrogens is 348 g/mol. The Morgan fingerprint density at radius 3 is 2.31 bits per heavy atom. The highest BCUT2D eigenvalue weighted by atomic mass is 127. The van der Waals surface area contributed by atoms with E-state index in [1.807, 2.05) is 0 Å². The lowest BCUT2D eigenvalue weighted by atomic mass is 10.1. The first-order chi connectivity index (χ1) is 7.27. The van der Waals surface area contributed by atoms with Crippen molar-refractivity contribution in [2.45, 2.75) is 12.6 Å². The van der Waals surface area contributed by atoms with E-state index in [4.69, 9.17) is 0 Å². The number of hydrogen-bond donors (Lipinski definition) is 0. The largest absolute Gasteiger partial charge is 0.418 e. The van der Waals surface area contributed by atoms with Crippen LogP contribution in [-0.4, -0.2) is 11.3 Å². The van der Waals surface area contributed by atoms with E-state index in [2.05, 4.69) is 4.98 Å². The van der Waals surface area contributed by atoms with Crippen LogP contribution in [0.3, 0.4) is 0 Å². The van der Waals surface area contributed by atoms with Gasteiger partial charge in [-0.15, -0.1) is 0 Å². The predicted molar refractivity (Wildman–Crippen MR) is 52.3 cm³/mol. The van der Waals surface area contributed by atoms with Crippen LogP contribution >= 0.6 is 22.6 Å². The van der Waals surface area contributed by atoms with Gasteiger partial charge < -0.3 is 0 Å². The zero-order chi connectivity index (χ0) is 12.5. The van der Waals surface area contributed by atoms with Gasteiger partial charge in [0.05, 0.1) is 5.56 Å². The third kappa shape index (κ3) is 2.66. The first-order valence-electron chi connectivity index (χ1n) is 3.78. The molecule has 88 valence electrons. The van der Waals surface area contributed by atoms with Crippen molar-refractivity contribution in [1.82, 2.24) is 4.98 Å². The molecule has 0 atom stereocenters. The third-order valence-corrected chi connectivity index (χ3v) is 2.52. The standard InChI is InChI=1S/C8H3F5INO/c9-7(10)6-3(8(11,12)13)1-4(14)5(2-16)15-6/h1-2,7H. The second kappa shape index (κ2) is 4.60. The van der Waals surface area contributed by atoms with Gasteiger partial charge in [0.2, 0.25) is 0 Å². The van der Waals surface area contributed by atoms with Crippen LogP contribution in [0.5, 0.6) is 0 Å². The van der Waals surface area contributed by atoms with Crippen molar-refractivity contribution in [2.75, 3.05) is 0 Å². The molecule has 0 aliphatic carbocycles. The lowest BCUT2D eigenvalue weighted by molar-refractivity contribution is -0.140. The average molecular weight is 351 g/mol. The van der Waals surface area contributed by atoms with Gasteiger partial charge in [-0.2, -0.15) is 13.2 Å². The predicted octanol–water partition coefficient (Wildman–Crippen LogP) is 3.46. The summed E-state index contributed by atoms with van der Waals surface area (Å²) in [6.45, 7) is 0. The number of rotatable bonds is 2. The van der Waals surface area contributed by atoms with Crippen molar-refractivity contribution in [1.29, 1.82) is 0 Å². The van der Waals surface area contributed by atoms with E-state index in [0.717, 1.165) is 0 Å². The number of nitrogens with zero attached hydrogens (tertiary/aromatic N) is 1. The van der Waals surface area contributed by atoms with Crippen molar-refractivity contribution >= 4 is 28.9 Å². The molecule has 0 saturated carbocycles.